The Labute approximate surface area is 153 Å². The van der Waals surface area contributed by atoms with Crippen LogP contribution < -0.4 is 5.32 Å². The van der Waals surface area contributed by atoms with Crippen molar-refractivity contribution in [2.45, 2.75) is 24.3 Å². The first-order chi connectivity index (χ1) is 12.1. The quantitative estimate of drug-likeness (QED) is 0.862. The van der Waals surface area contributed by atoms with Gasteiger partial charge in [-0.2, -0.15) is 11.3 Å². The number of nitrogens with zero attached hydrogens (tertiary/aromatic N) is 1. The SMILES string of the molecule is CN(C)C(CNC(=O)C1(c2ccccc2)CCOCC1)c1ccsc1. The van der Waals surface area contributed by atoms with Gasteiger partial charge < -0.3 is 15.0 Å². The van der Waals surface area contributed by atoms with Crippen LogP contribution >= 0.6 is 11.3 Å². The number of benzene rings is 1. The molecule has 134 valence electrons. The van der Waals surface area contributed by atoms with Gasteiger partial charge in [0.15, 0.2) is 0 Å². The molecule has 2 heterocycles. The molecule has 1 N–H and O–H groups in total. The highest BCUT2D eigenvalue weighted by molar-refractivity contribution is 7.07. The summed E-state index contributed by atoms with van der Waals surface area (Å²) in [6, 6.07) is 12.4. The summed E-state index contributed by atoms with van der Waals surface area (Å²) < 4.78 is 5.53. The van der Waals surface area contributed by atoms with E-state index in [9.17, 15) is 4.79 Å². The summed E-state index contributed by atoms with van der Waals surface area (Å²) in [6.07, 6.45) is 1.46. The lowest BCUT2D eigenvalue weighted by atomic mass is 9.73. The Bertz CT molecular complexity index is 664. The van der Waals surface area contributed by atoms with Crippen molar-refractivity contribution in [2.24, 2.45) is 0 Å². The molecule has 25 heavy (non-hydrogen) atoms. The Morgan fingerprint density at radius 1 is 1.24 bits per heavy atom. The summed E-state index contributed by atoms with van der Waals surface area (Å²) in [4.78, 5) is 15.4. The minimum Gasteiger partial charge on any atom is -0.381 e. The van der Waals surface area contributed by atoms with Gasteiger partial charge in [-0.25, -0.2) is 0 Å². The topological polar surface area (TPSA) is 41.6 Å². The smallest absolute Gasteiger partial charge is 0.230 e. The molecule has 0 saturated carbocycles. The van der Waals surface area contributed by atoms with E-state index in [0.29, 0.717) is 19.8 Å². The van der Waals surface area contributed by atoms with E-state index < -0.39 is 5.41 Å². The molecule has 2 aromatic rings. The zero-order valence-electron chi connectivity index (χ0n) is 14.9. The molecule has 0 spiro atoms. The number of carbonyl (C=O) groups excluding carboxylic acids is 1. The molecule has 1 aromatic heterocycles. The molecular weight excluding hydrogens is 332 g/mol. The van der Waals surface area contributed by atoms with Crippen LogP contribution in [0.25, 0.3) is 0 Å². The molecule has 0 aliphatic carbocycles. The van der Waals surface area contributed by atoms with E-state index in [2.05, 4.69) is 53.3 Å². The predicted molar refractivity (Wildman–Crippen MR) is 102 cm³/mol. The van der Waals surface area contributed by atoms with Gasteiger partial charge in [0, 0.05) is 19.8 Å². The molecule has 3 rings (SSSR count). The molecule has 0 radical (unpaired) electrons. The highest BCUT2D eigenvalue weighted by Gasteiger charge is 2.41. The second-order valence-electron chi connectivity index (χ2n) is 6.81. The van der Waals surface area contributed by atoms with E-state index in [0.717, 1.165) is 18.4 Å². The van der Waals surface area contributed by atoms with Crippen molar-refractivity contribution >= 4 is 17.2 Å². The Morgan fingerprint density at radius 2 is 1.96 bits per heavy atom. The zero-order valence-corrected chi connectivity index (χ0v) is 15.7. The van der Waals surface area contributed by atoms with E-state index in [1.165, 1.54) is 5.56 Å². The Kier molecular flexibility index (Phi) is 5.89. The maximum atomic E-state index is 13.2. The third kappa shape index (κ3) is 3.94. The lowest BCUT2D eigenvalue weighted by molar-refractivity contribution is -0.130. The van der Waals surface area contributed by atoms with Crippen LogP contribution in [0.4, 0.5) is 0 Å². The molecule has 1 aliphatic heterocycles. The summed E-state index contributed by atoms with van der Waals surface area (Å²) in [6.45, 7) is 1.87. The first-order valence-corrected chi connectivity index (χ1v) is 9.68. The summed E-state index contributed by atoms with van der Waals surface area (Å²) in [5.74, 6) is 0.115. The normalized spacial score (nSPS) is 18.0. The summed E-state index contributed by atoms with van der Waals surface area (Å²) >= 11 is 1.69. The molecule has 0 bridgehead atoms. The maximum Gasteiger partial charge on any atom is 0.230 e. The van der Waals surface area contributed by atoms with E-state index in [1.807, 2.05) is 18.2 Å². The van der Waals surface area contributed by atoms with Gasteiger partial charge in [0.1, 0.15) is 0 Å². The first-order valence-electron chi connectivity index (χ1n) is 8.73. The number of nitrogens with one attached hydrogen (secondary N) is 1. The van der Waals surface area contributed by atoms with E-state index in [-0.39, 0.29) is 11.9 Å². The maximum absolute atomic E-state index is 13.2. The molecule has 1 unspecified atom stereocenters. The molecule has 1 aliphatic rings. The van der Waals surface area contributed by atoms with Gasteiger partial charge in [-0.15, -0.1) is 0 Å². The molecule has 1 amide bonds. The second kappa shape index (κ2) is 8.13. The number of hydrogen-bond donors (Lipinski definition) is 1. The van der Waals surface area contributed by atoms with Crippen LogP contribution in [0.2, 0.25) is 0 Å². The van der Waals surface area contributed by atoms with Crippen LogP contribution in [0.5, 0.6) is 0 Å². The average molecular weight is 359 g/mol. The first kappa shape index (κ1) is 18.1. The highest BCUT2D eigenvalue weighted by atomic mass is 32.1. The van der Waals surface area contributed by atoms with Crippen LogP contribution in [-0.2, 0) is 14.9 Å². The number of likely N-dealkylation sites (N-methyl/N-ethyl adjacent to an activating group) is 1. The van der Waals surface area contributed by atoms with Crippen molar-refractivity contribution in [3.8, 4) is 0 Å². The van der Waals surface area contributed by atoms with Crippen molar-refractivity contribution < 1.29 is 9.53 Å². The van der Waals surface area contributed by atoms with Crippen LogP contribution in [-0.4, -0.2) is 44.7 Å². The summed E-state index contributed by atoms with van der Waals surface area (Å²) in [5.41, 5.74) is 1.86. The van der Waals surface area contributed by atoms with Gasteiger partial charge in [-0.05, 0) is 54.9 Å². The minimum atomic E-state index is -0.481. The van der Waals surface area contributed by atoms with Crippen molar-refractivity contribution in [3.05, 3.63) is 58.3 Å². The van der Waals surface area contributed by atoms with E-state index in [4.69, 9.17) is 4.74 Å². The van der Waals surface area contributed by atoms with Gasteiger partial charge in [0.2, 0.25) is 5.91 Å². The van der Waals surface area contributed by atoms with Gasteiger partial charge >= 0.3 is 0 Å². The Balaban J connectivity index is 1.77. The van der Waals surface area contributed by atoms with Crippen LogP contribution in [0.1, 0.15) is 30.0 Å². The van der Waals surface area contributed by atoms with Gasteiger partial charge in [-0.1, -0.05) is 30.3 Å². The monoisotopic (exact) mass is 358 g/mol. The van der Waals surface area contributed by atoms with Gasteiger partial charge in [0.05, 0.1) is 11.5 Å². The van der Waals surface area contributed by atoms with Gasteiger partial charge in [-0.3, -0.25) is 4.79 Å². The molecule has 4 nitrogen and oxygen atoms in total. The standard InChI is InChI=1S/C20H26N2O2S/c1-22(2)18(16-8-13-25-15-16)14-21-19(23)20(9-11-24-12-10-20)17-6-4-3-5-7-17/h3-8,13,15,18H,9-12,14H2,1-2H3,(H,21,23). The Morgan fingerprint density at radius 3 is 2.56 bits per heavy atom. The van der Waals surface area contributed by atoms with Crippen molar-refractivity contribution in [1.29, 1.82) is 0 Å². The third-order valence-corrected chi connectivity index (χ3v) is 5.82. The van der Waals surface area contributed by atoms with Crippen molar-refractivity contribution in [1.82, 2.24) is 10.2 Å². The average Bonchev–Trinajstić information content (AvgIpc) is 3.17. The fourth-order valence-corrected chi connectivity index (χ4v) is 4.25. The Hall–Kier alpha value is -1.69. The molecule has 1 fully saturated rings. The summed E-state index contributed by atoms with van der Waals surface area (Å²) in [7, 11) is 4.10. The van der Waals surface area contributed by atoms with Crippen LogP contribution in [0.15, 0.2) is 47.2 Å². The molecule has 5 heteroatoms. The number of amides is 1. The second-order valence-corrected chi connectivity index (χ2v) is 7.59. The lowest BCUT2D eigenvalue weighted by Gasteiger charge is -2.37. The third-order valence-electron chi connectivity index (χ3n) is 5.11. The van der Waals surface area contributed by atoms with E-state index in [1.54, 1.807) is 11.3 Å². The number of ether oxygens (including phenoxy) is 1. The summed E-state index contributed by atoms with van der Waals surface area (Å²) in [5, 5.41) is 7.46. The fourth-order valence-electron chi connectivity index (χ4n) is 3.55. The number of rotatable bonds is 6. The zero-order chi connectivity index (χ0) is 17.7. The minimum absolute atomic E-state index is 0.115. The largest absolute Gasteiger partial charge is 0.381 e. The molecule has 1 saturated heterocycles. The van der Waals surface area contributed by atoms with Gasteiger partial charge in [0.25, 0.3) is 0 Å². The predicted octanol–water partition coefficient (Wildman–Crippen LogP) is 3.22. The fraction of sp³-hybridized carbons (Fsp3) is 0.450. The van der Waals surface area contributed by atoms with E-state index >= 15 is 0 Å². The molecule has 1 aromatic carbocycles. The lowest BCUT2D eigenvalue weighted by Crippen LogP contribution is -2.49. The number of carbonyl (C=O) groups is 1. The van der Waals surface area contributed by atoms with Crippen molar-refractivity contribution in [3.63, 3.8) is 0 Å². The van der Waals surface area contributed by atoms with Crippen LogP contribution in [0.3, 0.4) is 0 Å². The highest BCUT2D eigenvalue weighted by Crippen LogP contribution is 2.35. The van der Waals surface area contributed by atoms with Crippen LogP contribution in [0, 0.1) is 0 Å². The molecular formula is C20H26N2O2S. The van der Waals surface area contributed by atoms with Crippen molar-refractivity contribution in [2.75, 3.05) is 33.9 Å². The molecule has 1 atom stereocenters. The number of hydrogen-bond acceptors (Lipinski definition) is 4. The number of thiophene rings is 1.